The Labute approximate surface area is 84.9 Å². The van der Waals surface area contributed by atoms with Crippen LogP contribution in [0, 0.1) is 0 Å². The third-order valence-corrected chi connectivity index (χ3v) is 1.81. The second-order valence-corrected chi connectivity index (χ2v) is 2.99. The van der Waals surface area contributed by atoms with Crippen molar-refractivity contribution in [2.75, 3.05) is 0 Å². The van der Waals surface area contributed by atoms with Crippen LogP contribution in [0.5, 0.6) is 0 Å². The Morgan fingerprint density at radius 2 is 1.71 bits per heavy atom. The Hall–Kier alpha value is -1.75. The van der Waals surface area contributed by atoms with Crippen LogP contribution in [-0.2, 0) is 0 Å². The highest BCUT2D eigenvalue weighted by Gasteiger charge is 2.01. The molecule has 0 aliphatic carbocycles. The van der Waals surface area contributed by atoms with Gasteiger partial charge in [-0.05, 0) is 16.8 Å². The van der Waals surface area contributed by atoms with Crippen LogP contribution in [0.2, 0.25) is 0 Å². The van der Waals surface area contributed by atoms with Crippen LogP contribution in [-0.4, -0.2) is 21.0 Å². The minimum atomic E-state index is -1.10. The average molecular weight is 208 g/mol. The lowest BCUT2D eigenvalue weighted by Gasteiger charge is -1.86. The van der Waals surface area contributed by atoms with Gasteiger partial charge in [-0.2, -0.15) is 11.3 Å². The van der Waals surface area contributed by atoms with Gasteiger partial charge in [0.1, 0.15) is 0 Å². The maximum absolute atomic E-state index is 10.1. The number of carbonyl (C=O) groups is 1. The van der Waals surface area contributed by atoms with Crippen LogP contribution in [0.25, 0.3) is 0 Å². The number of nitrogens with zero attached hydrogens (tertiary/aromatic N) is 2. The molecule has 72 valence electrons. The molecule has 0 saturated heterocycles. The smallest absolute Gasteiger partial charge is 0.373 e. The molecule has 1 N–H and O–H groups in total. The third-order valence-electron chi connectivity index (χ3n) is 1.18. The Bertz CT molecular complexity index is 344. The molecule has 0 atom stereocenters. The first-order valence-corrected chi connectivity index (χ1v) is 4.72. The van der Waals surface area contributed by atoms with E-state index in [1.54, 1.807) is 17.4 Å². The number of hydrogen-bond donors (Lipinski definition) is 1. The molecule has 14 heavy (non-hydrogen) atoms. The van der Waals surface area contributed by atoms with Crippen molar-refractivity contribution < 1.29 is 9.90 Å². The lowest BCUT2D eigenvalue weighted by atomic mass is 10.6. The number of thiophene rings is 1. The number of hydrogen-bond acceptors (Lipinski definition) is 4. The molecule has 4 nitrogen and oxygen atoms in total. The summed E-state index contributed by atoms with van der Waals surface area (Å²) in [5.74, 6) is -1.27. The van der Waals surface area contributed by atoms with Gasteiger partial charge in [0.05, 0.1) is 0 Å². The van der Waals surface area contributed by atoms with Gasteiger partial charge in [-0.25, -0.2) is 14.8 Å². The molecule has 0 aliphatic rings. The number of carboxylic acids is 1. The zero-order chi connectivity index (χ0) is 10.2. The minimum absolute atomic E-state index is 0.169. The summed E-state index contributed by atoms with van der Waals surface area (Å²) >= 11 is 1.71. The van der Waals surface area contributed by atoms with Gasteiger partial charge in [-0.1, -0.05) is 12.1 Å². The SMILES string of the molecule is O=C(O)c1ncccn1.c1ccsc1. The highest BCUT2D eigenvalue weighted by atomic mass is 32.1. The monoisotopic (exact) mass is 208 g/mol. The molecule has 2 aromatic rings. The van der Waals surface area contributed by atoms with Gasteiger partial charge in [0.25, 0.3) is 0 Å². The van der Waals surface area contributed by atoms with E-state index in [-0.39, 0.29) is 5.82 Å². The summed E-state index contributed by atoms with van der Waals surface area (Å²) in [4.78, 5) is 17.0. The summed E-state index contributed by atoms with van der Waals surface area (Å²) < 4.78 is 0. The van der Waals surface area contributed by atoms with Gasteiger partial charge in [0.15, 0.2) is 0 Å². The number of aromatic carboxylic acids is 1. The zero-order valence-corrected chi connectivity index (χ0v) is 8.02. The van der Waals surface area contributed by atoms with Gasteiger partial charge in [0.2, 0.25) is 5.82 Å². The number of aromatic nitrogens is 2. The molecule has 0 radical (unpaired) electrons. The average Bonchev–Trinajstić information content (AvgIpc) is 2.77. The minimum Gasteiger partial charge on any atom is -0.475 e. The summed E-state index contributed by atoms with van der Waals surface area (Å²) in [5.41, 5.74) is 0. The number of rotatable bonds is 1. The third kappa shape index (κ3) is 3.77. The van der Waals surface area contributed by atoms with Crippen molar-refractivity contribution in [3.8, 4) is 0 Å². The topological polar surface area (TPSA) is 63.1 Å². The molecule has 0 unspecified atom stereocenters. The van der Waals surface area contributed by atoms with E-state index in [0.717, 1.165) is 0 Å². The molecule has 5 heteroatoms. The fourth-order valence-corrected chi connectivity index (χ4v) is 1.09. The Morgan fingerprint density at radius 1 is 1.14 bits per heavy atom. The van der Waals surface area contributed by atoms with Gasteiger partial charge < -0.3 is 5.11 Å². The summed E-state index contributed by atoms with van der Waals surface area (Å²) in [6.07, 6.45) is 2.77. The fraction of sp³-hybridized carbons (Fsp3) is 0. The lowest BCUT2D eigenvalue weighted by molar-refractivity contribution is 0.0683. The predicted octanol–water partition coefficient (Wildman–Crippen LogP) is 1.92. The first-order valence-electron chi connectivity index (χ1n) is 3.78. The van der Waals surface area contributed by atoms with Crippen molar-refractivity contribution in [1.29, 1.82) is 0 Å². The fourth-order valence-electron chi connectivity index (χ4n) is 0.636. The van der Waals surface area contributed by atoms with E-state index >= 15 is 0 Å². The van der Waals surface area contributed by atoms with Crippen molar-refractivity contribution in [3.63, 3.8) is 0 Å². The second-order valence-electron chi connectivity index (χ2n) is 2.17. The maximum atomic E-state index is 10.1. The predicted molar refractivity (Wildman–Crippen MR) is 53.3 cm³/mol. The van der Waals surface area contributed by atoms with Crippen molar-refractivity contribution in [2.45, 2.75) is 0 Å². The van der Waals surface area contributed by atoms with E-state index in [0.29, 0.717) is 0 Å². The Morgan fingerprint density at radius 3 is 2.00 bits per heavy atom. The van der Waals surface area contributed by atoms with E-state index in [2.05, 4.69) is 9.97 Å². The normalized spacial score (nSPS) is 8.57. The van der Waals surface area contributed by atoms with Gasteiger partial charge in [-0.15, -0.1) is 0 Å². The molecule has 0 bridgehead atoms. The lowest BCUT2D eigenvalue weighted by Crippen LogP contribution is -2.01. The van der Waals surface area contributed by atoms with Crippen molar-refractivity contribution >= 4 is 17.3 Å². The molecule has 0 fully saturated rings. The quantitative estimate of drug-likeness (QED) is 0.777. The Balaban J connectivity index is 0.000000165. The summed E-state index contributed by atoms with van der Waals surface area (Å²) in [7, 11) is 0. The first-order chi connectivity index (χ1) is 6.80. The van der Waals surface area contributed by atoms with Crippen LogP contribution in [0.3, 0.4) is 0 Å². The molecule has 0 spiro atoms. The second kappa shape index (κ2) is 5.82. The van der Waals surface area contributed by atoms with E-state index in [9.17, 15) is 4.79 Å². The summed E-state index contributed by atoms with van der Waals surface area (Å²) in [5, 5.41) is 12.3. The van der Waals surface area contributed by atoms with E-state index in [1.807, 2.05) is 22.9 Å². The maximum Gasteiger partial charge on any atom is 0.373 e. The molecule has 0 amide bonds. The Kier molecular flexibility index (Phi) is 4.30. The molecular weight excluding hydrogens is 200 g/mol. The van der Waals surface area contributed by atoms with Crippen molar-refractivity contribution in [1.82, 2.24) is 9.97 Å². The summed E-state index contributed by atoms with van der Waals surface area (Å²) in [6.45, 7) is 0. The summed E-state index contributed by atoms with van der Waals surface area (Å²) in [6, 6.07) is 5.60. The van der Waals surface area contributed by atoms with Crippen LogP contribution in [0.15, 0.2) is 41.4 Å². The van der Waals surface area contributed by atoms with Crippen molar-refractivity contribution in [3.05, 3.63) is 47.2 Å². The van der Waals surface area contributed by atoms with Crippen LogP contribution < -0.4 is 0 Å². The number of carboxylic acid groups (broad SMARTS) is 1. The van der Waals surface area contributed by atoms with E-state index in [1.165, 1.54) is 12.4 Å². The van der Waals surface area contributed by atoms with Gasteiger partial charge in [-0.3, -0.25) is 0 Å². The van der Waals surface area contributed by atoms with Crippen LogP contribution in [0.4, 0.5) is 0 Å². The largest absolute Gasteiger partial charge is 0.475 e. The van der Waals surface area contributed by atoms with Gasteiger partial charge in [0, 0.05) is 12.4 Å². The first kappa shape index (κ1) is 10.3. The van der Waals surface area contributed by atoms with E-state index < -0.39 is 5.97 Å². The molecule has 2 heterocycles. The molecular formula is C9H8N2O2S. The van der Waals surface area contributed by atoms with Crippen LogP contribution in [0.1, 0.15) is 10.6 Å². The van der Waals surface area contributed by atoms with E-state index in [4.69, 9.17) is 5.11 Å². The standard InChI is InChI=1S/C5H4N2O2.C4H4S/c8-5(9)4-6-2-1-3-7-4;1-2-4-5-3-1/h1-3H,(H,8,9);1-4H. The molecule has 0 aromatic carbocycles. The highest BCUT2D eigenvalue weighted by Crippen LogP contribution is 1.91. The van der Waals surface area contributed by atoms with Crippen LogP contribution >= 0.6 is 11.3 Å². The molecule has 0 aliphatic heterocycles. The molecule has 2 aromatic heterocycles. The van der Waals surface area contributed by atoms with Crippen molar-refractivity contribution in [2.24, 2.45) is 0 Å². The highest BCUT2D eigenvalue weighted by molar-refractivity contribution is 7.07. The van der Waals surface area contributed by atoms with Gasteiger partial charge >= 0.3 is 5.97 Å². The molecule has 0 saturated carbocycles. The molecule has 2 rings (SSSR count). The zero-order valence-electron chi connectivity index (χ0n) is 7.20.